The zero-order valence-corrected chi connectivity index (χ0v) is 12.0. The molecule has 1 saturated carbocycles. The average molecular weight is 246 g/mol. The van der Waals surface area contributed by atoms with E-state index >= 15 is 0 Å². The molecule has 1 aliphatic rings. The normalized spacial score (nSPS) is 18.2. The summed E-state index contributed by atoms with van der Waals surface area (Å²) < 4.78 is 0. The molecule has 0 radical (unpaired) electrons. The number of rotatable bonds is 5. The van der Waals surface area contributed by atoms with Crippen molar-refractivity contribution in [1.29, 1.82) is 0 Å². The first-order valence-corrected chi connectivity index (χ1v) is 7.39. The van der Waals surface area contributed by atoms with Gasteiger partial charge in [0, 0.05) is 6.20 Å². The van der Waals surface area contributed by atoms with Gasteiger partial charge in [0.15, 0.2) is 0 Å². The van der Waals surface area contributed by atoms with Crippen LogP contribution in [0.15, 0.2) is 12.3 Å². The molecule has 1 aromatic heterocycles. The first kappa shape index (κ1) is 13.5. The van der Waals surface area contributed by atoms with Crippen LogP contribution in [0.5, 0.6) is 0 Å². The Labute approximate surface area is 111 Å². The van der Waals surface area contributed by atoms with Crippen molar-refractivity contribution in [3.8, 4) is 0 Å². The molecule has 0 aliphatic heterocycles. The molecule has 0 amide bonds. The lowest BCUT2D eigenvalue weighted by Gasteiger charge is -2.25. The van der Waals surface area contributed by atoms with Crippen molar-refractivity contribution in [3.63, 3.8) is 0 Å². The number of aryl methyl sites for hydroxylation is 2. The minimum Gasteiger partial charge on any atom is -0.308 e. The lowest BCUT2D eigenvalue weighted by Crippen LogP contribution is -2.29. The van der Waals surface area contributed by atoms with Crippen LogP contribution in [-0.2, 0) is 0 Å². The summed E-state index contributed by atoms with van der Waals surface area (Å²) in [5, 5.41) is 3.73. The SMILES string of the molecule is CCCNC(c1ncc(C)cc1C)C1CCCC1. The third-order valence-electron chi connectivity index (χ3n) is 4.04. The van der Waals surface area contributed by atoms with E-state index in [4.69, 9.17) is 4.98 Å². The van der Waals surface area contributed by atoms with Gasteiger partial charge in [-0.15, -0.1) is 0 Å². The second-order valence-electron chi connectivity index (χ2n) is 5.69. The van der Waals surface area contributed by atoms with Crippen LogP contribution >= 0.6 is 0 Å². The van der Waals surface area contributed by atoms with Crippen molar-refractivity contribution in [2.45, 2.75) is 58.9 Å². The lowest BCUT2D eigenvalue weighted by molar-refractivity contribution is 0.360. The molecule has 2 nitrogen and oxygen atoms in total. The summed E-state index contributed by atoms with van der Waals surface area (Å²) in [7, 11) is 0. The largest absolute Gasteiger partial charge is 0.308 e. The third kappa shape index (κ3) is 3.11. The highest BCUT2D eigenvalue weighted by Crippen LogP contribution is 2.36. The average Bonchev–Trinajstić information content (AvgIpc) is 2.85. The number of nitrogens with zero attached hydrogens (tertiary/aromatic N) is 1. The van der Waals surface area contributed by atoms with Crippen LogP contribution in [0.4, 0.5) is 0 Å². The molecule has 18 heavy (non-hydrogen) atoms. The molecule has 2 rings (SSSR count). The van der Waals surface area contributed by atoms with Crippen LogP contribution in [0, 0.1) is 19.8 Å². The van der Waals surface area contributed by atoms with Gasteiger partial charge < -0.3 is 5.32 Å². The third-order valence-corrected chi connectivity index (χ3v) is 4.04. The summed E-state index contributed by atoms with van der Waals surface area (Å²) in [6, 6.07) is 2.73. The summed E-state index contributed by atoms with van der Waals surface area (Å²) in [5.74, 6) is 0.783. The topological polar surface area (TPSA) is 24.9 Å². The van der Waals surface area contributed by atoms with Crippen LogP contribution in [0.25, 0.3) is 0 Å². The summed E-state index contributed by atoms with van der Waals surface area (Å²) >= 11 is 0. The second-order valence-corrected chi connectivity index (χ2v) is 5.69. The zero-order chi connectivity index (χ0) is 13.0. The van der Waals surface area contributed by atoms with Crippen molar-refractivity contribution >= 4 is 0 Å². The van der Waals surface area contributed by atoms with Gasteiger partial charge in [0.25, 0.3) is 0 Å². The molecule has 0 bridgehead atoms. The van der Waals surface area contributed by atoms with E-state index in [0.29, 0.717) is 6.04 Å². The van der Waals surface area contributed by atoms with Gasteiger partial charge in [-0.1, -0.05) is 25.8 Å². The fraction of sp³-hybridized carbons (Fsp3) is 0.688. The van der Waals surface area contributed by atoms with Crippen LogP contribution in [0.3, 0.4) is 0 Å². The fourth-order valence-electron chi connectivity index (χ4n) is 3.13. The molecule has 1 fully saturated rings. The predicted octanol–water partition coefficient (Wildman–Crippen LogP) is 3.93. The molecule has 0 aromatic carbocycles. The van der Waals surface area contributed by atoms with E-state index in [0.717, 1.165) is 12.5 Å². The van der Waals surface area contributed by atoms with E-state index in [2.05, 4.69) is 32.2 Å². The Morgan fingerprint density at radius 1 is 1.33 bits per heavy atom. The molecule has 1 aromatic rings. The molecule has 2 heteroatoms. The van der Waals surface area contributed by atoms with Gasteiger partial charge >= 0.3 is 0 Å². The van der Waals surface area contributed by atoms with Crippen molar-refractivity contribution in [3.05, 3.63) is 29.1 Å². The van der Waals surface area contributed by atoms with E-state index in [1.54, 1.807) is 0 Å². The maximum atomic E-state index is 4.71. The van der Waals surface area contributed by atoms with Gasteiger partial charge in [-0.25, -0.2) is 0 Å². The predicted molar refractivity (Wildman–Crippen MR) is 76.7 cm³/mol. The smallest absolute Gasteiger partial charge is 0.0605 e. The highest BCUT2D eigenvalue weighted by atomic mass is 14.9. The molecule has 1 N–H and O–H groups in total. The molecule has 1 atom stereocenters. The van der Waals surface area contributed by atoms with E-state index in [-0.39, 0.29) is 0 Å². The van der Waals surface area contributed by atoms with Gasteiger partial charge in [-0.05, 0) is 56.7 Å². The standard InChI is InChI=1S/C16H26N2/c1-4-9-17-16(14-7-5-6-8-14)15-13(3)10-12(2)11-18-15/h10-11,14,16-17H,4-9H2,1-3H3. The van der Waals surface area contributed by atoms with Gasteiger partial charge in [-0.3, -0.25) is 4.98 Å². The minimum atomic E-state index is 0.466. The van der Waals surface area contributed by atoms with E-state index in [1.165, 1.54) is 48.9 Å². The van der Waals surface area contributed by atoms with Crippen molar-refractivity contribution < 1.29 is 0 Å². The van der Waals surface area contributed by atoms with Crippen molar-refractivity contribution in [2.75, 3.05) is 6.54 Å². The van der Waals surface area contributed by atoms with Gasteiger partial charge in [-0.2, -0.15) is 0 Å². The number of hydrogen-bond donors (Lipinski definition) is 1. The number of nitrogens with one attached hydrogen (secondary N) is 1. The van der Waals surface area contributed by atoms with Crippen LogP contribution < -0.4 is 5.32 Å². The molecule has 1 aliphatic carbocycles. The Morgan fingerprint density at radius 2 is 2.06 bits per heavy atom. The number of hydrogen-bond acceptors (Lipinski definition) is 2. The second kappa shape index (κ2) is 6.33. The van der Waals surface area contributed by atoms with Gasteiger partial charge in [0.2, 0.25) is 0 Å². The van der Waals surface area contributed by atoms with Gasteiger partial charge in [0.1, 0.15) is 0 Å². The Kier molecular flexibility index (Phi) is 4.76. The van der Waals surface area contributed by atoms with Crippen LogP contribution in [-0.4, -0.2) is 11.5 Å². The first-order valence-electron chi connectivity index (χ1n) is 7.39. The molecular formula is C16H26N2. The highest BCUT2D eigenvalue weighted by molar-refractivity contribution is 5.26. The van der Waals surface area contributed by atoms with E-state index in [9.17, 15) is 0 Å². The Bertz CT molecular complexity index is 381. The van der Waals surface area contributed by atoms with Crippen LogP contribution in [0.2, 0.25) is 0 Å². The maximum absolute atomic E-state index is 4.71. The van der Waals surface area contributed by atoms with Crippen LogP contribution in [0.1, 0.15) is 61.9 Å². The van der Waals surface area contributed by atoms with Crippen molar-refractivity contribution in [1.82, 2.24) is 10.3 Å². The lowest BCUT2D eigenvalue weighted by atomic mass is 9.92. The Hall–Kier alpha value is -0.890. The zero-order valence-electron chi connectivity index (χ0n) is 12.0. The quantitative estimate of drug-likeness (QED) is 0.851. The number of aromatic nitrogens is 1. The maximum Gasteiger partial charge on any atom is 0.0605 e. The molecule has 1 heterocycles. The van der Waals surface area contributed by atoms with Gasteiger partial charge in [0.05, 0.1) is 11.7 Å². The summed E-state index contributed by atoms with van der Waals surface area (Å²) in [6.45, 7) is 7.64. The minimum absolute atomic E-state index is 0.466. The van der Waals surface area contributed by atoms with Crippen molar-refractivity contribution in [2.24, 2.45) is 5.92 Å². The molecule has 1 unspecified atom stereocenters. The Morgan fingerprint density at radius 3 is 2.67 bits per heavy atom. The Balaban J connectivity index is 2.20. The monoisotopic (exact) mass is 246 g/mol. The number of pyridine rings is 1. The summed E-state index contributed by atoms with van der Waals surface area (Å²) in [6.07, 6.45) is 8.69. The summed E-state index contributed by atoms with van der Waals surface area (Å²) in [4.78, 5) is 4.71. The molecule has 0 saturated heterocycles. The molecular weight excluding hydrogens is 220 g/mol. The highest BCUT2D eigenvalue weighted by Gasteiger charge is 2.27. The molecule has 0 spiro atoms. The van der Waals surface area contributed by atoms with E-state index in [1.807, 2.05) is 6.20 Å². The first-order chi connectivity index (χ1) is 8.72. The molecule has 100 valence electrons. The fourth-order valence-corrected chi connectivity index (χ4v) is 3.13. The summed E-state index contributed by atoms with van der Waals surface area (Å²) in [5.41, 5.74) is 3.88. The van der Waals surface area contributed by atoms with E-state index < -0.39 is 0 Å².